The molecule has 0 heterocycles. The minimum absolute atomic E-state index is 0.0588. The van der Waals surface area contributed by atoms with Crippen molar-refractivity contribution >= 4 is 10.8 Å². The zero-order chi connectivity index (χ0) is 25.2. The summed E-state index contributed by atoms with van der Waals surface area (Å²) < 4.78 is 15.0. The summed E-state index contributed by atoms with van der Waals surface area (Å²) >= 11 is 0. The highest BCUT2D eigenvalue weighted by atomic mass is 19.1. The third kappa shape index (κ3) is 7.46. The number of rotatable bonds is 10. The van der Waals surface area contributed by atoms with Gasteiger partial charge in [-0.1, -0.05) is 114 Å². The maximum Gasteiger partial charge on any atom is 0.134 e. The number of unbranched alkanes of at least 4 members (excludes halogenated alkanes) is 4. The van der Waals surface area contributed by atoms with Crippen LogP contribution in [-0.2, 0) is 12.8 Å². The van der Waals surface area contributed by atoms with Gasteiger partial charge < -0.3 is 0 Å². The van der Waals surface area contributed by atoms with Gasteiger partial charge in [0.1, 0.15) is 5.82 Å². The van der Waals surface area contributed by atoms with Gasteiger partial charge in [0.2, 0.25) is 0 Å². The van der Waals surface area contributed by atoms with Crippen LogP contribution in [0.1, 0.15) is 107 Å². The van der Waals surface area contributed by atoms with Gasteiger partial charge in [0.15, 0.2) is 0 Å². The van der Waals surface area contributed by atoms with Crippen molar-refractivity contribution in [2.75, 3.05) is 0 Å². The largest absolute Gasteiger partial charge is 0.206 e. The van der Waals surface area contributed by atoms with Crippen LogP contribution in [0.4, 0.5) is 4.39 Å². The number of fused-ring (bicyclic) bond motifs is 1. The van der Waals surface area contributed by atoms with E-state index in [4.69, 9.17) is 0 Å². The Bertz CT molecular complexity index is 1150. The second-order valence-corrected chi connectivity index (χ2v) is 10.9. The van der Waals surface area contributed by atoms with Crippen molar-refractivity contribution in [2.45, 2.75) is 97.3 Å². The summed E-state index contributed by atoms with van der Waals surface area (Å²) in [6.07, 6.45) is 16.3. The average molecular weight is 483 g/mol. The van der Waals surface area contributed by atoms with Gasteiger partial charge in [-0.15, -0.1) is 0 Å². The Morgan fingerprint density at radius 1 is 0.722 bits per heavy atom. The Balaban J connectivity index is 1.32. The van der Waals surface area contributed by atoms with Crippen LogP contribution in [0.3, 0.4) is 0 Å². The van der Waals surface area contributed by atoms with Crippen molar-refractivity contribution in [3.8, 4) is 11.8 Å². The fraction of sp³-hybridized carbons (Fsp3) is 0.486. The minimum Gasteiger partial charge on any atom is -0.206 e. The molecule has 3 aromatic rings. The summed E-state index contributed by atoms with van der Waals surface area (Å²) in [6, 6.07) is 18.6. The molecule has 0 amide bonds. The summed E-state index contributed by atoms with van der Waals surface area (Å²) in [5.41, 5.74) is 4.22. The van der Waals surface area contributed by atoms with E-state index in [2.05, 4.69) is 56.0 Å². The summed E-state index contributed by atoms with van der Waals surface area (Å²) in [4.78, 5) is 0. The number of benzene rings is 3. The Morgan fingerprint density at radius 3 is 2.17 bits per heavy atom. The van der Waals surface area contributed by atoms with Crippen molar-refractivity contribution in [3.05, 3.63) is 82.7 Å². The molecule has 1 saturated carbocycles. The number of halogens is 1. The fourth-order valence-electron chi connectivity index (χ4n) is 5.73. The second-order valence-electron chi connectivity index (χ2n) is 10.9. The molecule has 1 heteroatoms. The molecular weight excluding hydrogens is 439 g/mol. The summed E-state index contributed by atoms with van der Waals surface area (Å²) in [7, 11) is 0. The first kappa shape index (κ1) is 26.5. The average Bonchev–Trinajstić information content (AvgIpc) is 2.92. The molecule has 0 aromatic heterocycles. The molecule has 0 spiro atoms. The van der Waals surface area contributed by atoms with Crippen molar-refractivity contribution in [1.82, 2.24) is 0 Å². The molecule has 4 rings (SSSR count). The fourth-order valence-corrected chi connectivity index (χ4v) is 5.73. The Morgan fingerprint density at radius 2 is 1.42 bits per heavy atom. The number of hydrogen-bond acceptors (Lipinski definition) is 0. The molecule has 1 aliphatic rings. The molecule has 0 aliphatic heterocycles. The van der Waals surface area contributed by atoms with Gasteiger partial charge in [0.05, 0.1) is 0 Å². The van der Waals surface area contributed by atoms with E-state index in [0.29, 0.717) is 5.39 Å². The van der Waals surface area contributed by atoms with Crippen LogP contribution >= 0.6 is 0 Å². The third-order valence-electron chi connectivity index (χ3n) is 8.27. The lowest BCUT2D eigenvalue weighted by molar-refractivity contribution is 0.259. The second kappa shape index (κ2) is 13.6. The maximum absolute atomic E-state index is 15.0. The zero-order valence-corrected chi connectivity index (χ0v) is 22.4. The van der Waals surface area contributed by atoms with Crippen LogP contribution in [-0.4, -0.2) is 0 Å². The van der Waals surface area contributed by atoms with E-state index in [1.807, 2.05) is 24.3 Å². The molecule has 190 valence electrons. The van der Waals surface area contributed by atoms with Crippen LogP contribution in [0, 0.1) is 29.5 Å². The summed E-state index contributed by atoms with van der Waals surface area (Å²) in [6.45, 7) is 4.55. The Labute approximate surface area is 218 Å². The van der Waals surface area contributed by atoms with Crippen molar-refractivity contribution < 1.29 is 4.39 Å². The molecule has 0 atom stereocenters. The molecular formula is C35H43F. The molecule has 1 aliphatic carbocycles. The van der Waals surface area contributed by atoms with Gasteiger partial charge in [0.25, 0.3) is 0 Å². The highest BCUT2D eigenvalue weighted by Crippen LogP contribution is 2.33. The van der Waals surface area contributed by atoms with Crippen LogP contribution in [0.15, 0.2) is 54.6 Å². The van der Waals surface area contributed by atoms with Crippen LogP contribution in [0.5, 0.6) is 0 Å². The molecule has 3 aromatic carbocycles. The van der Waals surface area contributed by atoms with E-state index < -0.39 is 0 Å². The van der Waals surface area contributed by atoms with Gasteiger partial charge in [-0.2, -0.15) is 0 Å². The first-order valence-corrected chi connectivity index (χ1v) is 14.5. The molecule has 0 nitrogen and oxygen atoms in total. The SMILES string of the molecule is CCCCCCCc1ccc2cc(C#Cc3ccc(CCC4CCC(CC)CC4)cc3)ccc2c1F. The number of hydrogen-bond donors (Lipinski definition) is 0. The minimum atomic E-state index is -0.0588. The Kier molecular flexibility index (Phi) is 10.0. The van der Waals surface area contributed by atoms with E-state index in [9.17, 15) is 0 Å². The van der Waals surface area contributed by atoms with E-state index in [0.717, 1.165) is 46.8 Å². The predicted octanol–water partition coefficient (Wildman–Crippen LogP) is 10.0. The van der Waals surface area contributed by atoms with Crippen LogP contribution < -0.4 is 0 Å². The Hall–Kier alpha value is -2.59. The van der Waals surface area contributed by atoms with E-state index in [-0.39, 0.29) is 5.82 Å². The van der Waals surface area contributed by atoms with Crippen LogP contribution in [0.25, 0.3) is 10.8 Å². The number of aryl methyl sites for hydroxylation is 2. The first-order chi connectivity index (χ1) is 17.7. The first-order valence-electron chi connectivity index (χ1n) is 14.5. The zero-order valence-electron chi connectivity index (χ0n) is 22.4. The van der Waals surface area contributed by atoms with Gasteiger partial charge >= 0.3 is 0 Å². The quantitative estimate of drug-likeness (QED) is 0.199. The monoisotopic (exact) mass is 482 g/mol. The van der Waals surface area contributed by atoms with Crippen LogP contribution in [0.2, 0.25) is 0 Å². The maximum atomic E-state index is 15.0. The van der Waals surface area contributed by atoms with Crippen molar-refractivity contribution in [3.63, 3.8) is 0 Å². The molecule has 0 N–H and O–H groups in total. The van der Waals surface area contributed by atoms with Crippen molar-refractivity contribution in [2.24, 2.45) is 11.8 Å². The molecule has 0 bridgehead atoms. The lowest BCUT2D eigenvalue weighted by Gasteiger charge is -2.27. The highest BCUT2D eigenvalue weighted by Gasteiger charge is 2.19. The third-order valence-corrected chi connectivity index (χ3v) is 8.27. The highest BCUT2D eigenvalue weighted by molar-refractivity contribution is 5.85. The molecule has 0 radical (unpaired) electrons. The van der Waals surface area contributed by atoms with Crippen molar-refractivity contribution in [1.29, 1.82) is 0 Å². The van der Waals surface area contributed by atoms with Gasteiger partial charge in [0, 0.05) is 16.5 Å². The molecule has 36 heavy (non-hydrogen) atoms. The topological polar surface area (TPSA) is 0 Å². The predicted molar refractivity (Wildman–Crippen MR) is 153 cm³/mol. The molecule has 1 fully saturated rings. The van der Waals surface area contributed by atoms with Gasteiger partial charge in [-0.05, 0) is 78.3 Å². The molecule has 0 unspecified atom stereocenters. The summed E-state index contributed by atoms with van der Waals surface area (Å²) in [5, 5.41) is 1.64. The lowest BCUT2D eigenvalue weighted by atomic mass is 9.78. The standard InChI is InChI=1S/C35H43F/c1-3-5-6-7-8-9-32-23-24-33-26-31(22-25-34(33)35(32)36)21-20-30-18-16-29(17-19-30)15-14-28-12-10-27(4-2)11-13-28/h16-19,22-28H,3-15H2,1-2H3. The molecule has 0 saturated heterocycles. The van der Waals surface area contributed by atoms with Gasteiger partial charge in [-0.3, -0.25) is 0 Å². The van der Waals surface area contributed by atoms with Gasteiger partial charge in [-0.25, -0.2) is 4.39 Å². The smallest absolute Gasteiger partial charge is 0.134 e. The van der Waals surface area contributed by atoms with E-state index >= 15 is 4.39 Å². The lowest BCUT2D eigenvalue weighted by Crippen LogP contribution is -2.14. The summed E-state index contributed by atoms with van der Waals surface area (Å²) in [5.74, 6) is 8.40. The van der Waals surface area contributed by atoms with E-state index in [1.165, 1.54) is 76.2 Å². The normalized spacial score (nSPS) is 17.6. The van der Waals surface area contributed by atoms with E-state index in [1.54, 1.807) is 0 Å².